The molecule has 2 aliphatic rings. The van der Waals surface area contributed by atoms with Crippen LogP contribution in [0, 0.1) is 12.8 Å². The van der Waals surface area contributed by atoms with Crippen molar-refractivity contribution in [1.29, 1.82) is 0 Å². The van der Waals surface area contributed by atoms with Gasteiger partial charge in [-0.3, -0.25) is 4.79 Å². The molecular formula is C21H28N2O3. The molecule has 1 amide bonds. The molecule has 1 aliphatic carbocycles. The molecule has 1 aromatic heterocycles. The third-order valence-corrected chi connectivity index (χ3v) is 6.13. The van der Waals surface area contributed by atoms with Crippen molar-refractivity contribution in [2.24, 2.45) is 5.92 Å². The zero-order valence-electron chi connectivity index (χ0n) is 15.4. The van der Waals surface area contributed by atoms with Gasteiger partial charge in [0, 0.05) is 36.0 Å². The van der Waals surface area contributed by atoms with Gasteiger partial charge in [0.2, 0.25) is 5.91 Å². The molecule has 2 fully saturated rings. The first kappa shape index (κ1) is 17.6. The lowest BCUT2D eigenvalue weighted by atomic mass is 9.93. The molecule has 1 saturated heterocycles. The van der Waals surface area contributed by atoms with E-state index in [0.29, 0.717) is 26.2 Å². The van der Waals surface area contributed by atoms with Gasteiger partial charge in [0.15, 0.2) is 0 Å². The Labute approximate surface area is 154 Å². The number of ether oxygens (including phenoxy) is 1. The fraction of sp³-hybridized carbons (Fsp3) is 0.571. The molecule has 1 aromatic carbocycles. The first-order valence-electron chi connectivity index (χ1n) is 9.76. The van der Waals surface area contributed by atoms with Crippen LogP contribution in [0.15, 0.2) is 24.4 Å². The second-order valence-electron chi connectivity index (χ2n) is 7.70. The highest BCUT2D eigenvalue weighted by molar-refractivity contribution is 5.86. The van der Waals surface area contributed by atoms with E-state index in [2.05, 4.69) is 30.1 Å². The van der Waals surface area contributed by atoms with Crippen LogP contribution in [0.25, 0.3) is 10.9 Å². The molecule has 4 rings (SSSR count). The standard InChI is InChI=1S/C21H28N2O3/c1-14-4-2-5-16-15(12-22-21(14)16)8-9-20(25)23-10-11-26-13-18(23)17-6-3-7-19(17)24/h2,4-5,12,17-19,22,24H,3,6-11,13H2,1H3. The second kappa shape index (κ2) is 7.41. The third kappa shape index (κ3) is 3.26. The molecule has 1 aliphatic heterocycles. The highest BCUT2D eigenvalue weighted by atomic mass is 16.5. The number of nitrogens with one attached hydrogen (secondary N) is 1. The Morgan fingerprint density at radius 2 is 2.27 bits per heavy atom. The van der Waals surface area contributed by atoms with Crippen molar-refractivity contribution >= 4 is 16.8 Å². The van der Waals surface area contributed by atoms with Crippen molar-refractivity contribution in [2.75, 3.05) is 19.8 Å². The molecule has 0 radical (unpaired) electrons. The van der Waals surface area contributed by atoms with Gasteiger partial charge in [-0.25, -0.2) is 0 Å². The average molecular weight is 356 g/mol. The fourth-order valence-corrected chi connectivity index (χ4v) is 4.66. The zero-order valence-corrected chi connectivity index (χ0v) is 15.4. The van der Waals surface area contributed by atoms with Crippen LogP contribution in [0.1, 0.15) is 36.8 Å². The average Bonchev–Trinajstić information content (AvgIpc) is 3.26. The van der Waals surface area contributed by atoms with Crippen molar-refractivity contribution in [3.63, 3.8) is 0 Å². The number of rotatable bonds is 4. The van der Waals surface area contributed by atoms with Crippen LogP contribution in [0.4, 0.5) is 0 Å². The molecule has 1 saturated carbocycles. The molecule has 2 N–H and O–H groups in total. The number of H-pyrrole nitrogens is 1. The van der Waals surface area contributed by atoms with Crippen molar-refractivity contribution in [3.8, 4) is 0 Å². The predicted molar refractivity (Wildman–Crippen MR) is 101 cm³/mol. The van der Waals surface area contributed by atoms with E-state index in [1.807, 2.05) is 11.1 Å². The van der Waals surface area contributed by atoms with E-state index < -0.39 is 0 Å². The first-order chi connectivity index (χ1) is 12.6. The van der Waals surface area contributed by atoms with Gasteiger partial charge in [0.05, 0.1) is 25.4 Å². The number of amides is 1. The van der Waals surface area contributed by atoms with Gasteiger partial charge in [-0.05, 0) is 37.3 Å². The number of aryl methyl sites for hydroxylation is 2. The van der Waals surface area contributed by atoms with Gasteiger partial charge in [-0.15, -0.1) is 0 Å². The van der Waals surface area contributed by atoms with Crippen LogP contribution in [0.3, 0.4) is 0 Å². The normalized spacial score (nSPS) is 26.5. The quantitative estimate of drug-likeness (QED) is 0.885. The molecule has 140 valence electrons. The molecule has 5 heteroatoms. The number of aliphatic hydroxyl groups is 1. The highest BCUT2D eigenvalue weighted by Gasteiger charge is 2.39. The topological polar surface area (TPSA) is 65.6 Å². The maximum Gasteiger partial charge on any atom is 0.223 e. The smallest absolute Gasteiger partial charge is 0.223 e. The van der Waals surface area contributed by atoms with Gasteiger partial charge in [-0.2, -0.15) is 0 Å². The summed E-state index contributed by atoms with van der Waals surface area (Å²) >= 11 is 0. The number of carbonyl (C=O) groups excluding carboxylic acids is 1. The largest absolute Gasteiger partial charge is 0.393 e. The van der Waals surface area contributed by atoms with E-state index in [0.717, 1.165) is 31.2 Å². The summed E-state index contributed by atoms with van der Waals surface area (Å²) in [5.74, 6) is 0.342. The van der Waals surface area contributed by atoms with E-state index in [1.54, 1.807) is 0 Å². The zero-order chi connectivity index (χ0) is 18.1. The minimum Gasteiger partial charge on any atom is -0.393 e. The molecule has 0 bridgehead atoms. The Morgan fingerprint density at radius 3 is 3.08 bits per heavy atom. The summed E-state index contributed by atoms with van der Waals surface area (Å²) in [5.41, 5.74) is 3.58. The molecule has 0 spiro atoms. The summed E-state index contributed by atoms with van der Waals surface area (Å²) in [6, 6.07) is 6.30. The maximum atomic E-state index is 12.9. The Morgan fingerprint density at radius 1 is 1.38 bits per heavy atom. The number of aliphatic hydroxyl groups excluding tert-OH is 1. The number of carbonyl (C=O) groups is 1. The van der Waals surface area contributed by atoms with Crippen LogP contribution in [0.5, 0.6) is 0 Å². The number of nitrogens with zero attached hydrogens (tertiary/aromatic N) is 1. The number of benzene rings is 1. The minimum absolute atomic E-state index is 0.0268. The van der Waals surface area contributed by atoms with E-state index in [9.17, 15) is 9.90 Å². The predicted octanol–water partition coefficient (Wildman–Crippen LogP) is 2.80. The molecule has 2 aromatic rings. The van der Waals surface area contributed by atoms with Crippen LogP contribution in [0.2, 0.25) is 0 Å². The molecule has 3 atom stereocenters. The Kier molecular flexibility index (Phi) is 5.00. The van der Waals surface area contributed by atoms with Crippen molar-refractivity contribution in [3.05, 3.63) is 35.5 Å². The summed E-state index contributed by atoms with van der Waals surface area (Å²) in [5, 5.41) is 11.5. The minimum atomic E-state index is -0.298. The van der Waals surface area contributed by atoms with Crippen LogP contribution < -0.4 is 0 Å². The lowest BCUT2D eigenvalue weighted by Crippen LogP contribution is -2.53. The summed E-state index contributed by atoms with van der Waals surface area (Å²) in [6.07, 6.45) is 5.84. The fourth-order valence-electron chi connectivity index (χ4n) is 4.66. The summed E-state index contributed by atoms with van der Waals surface area (Å²) in [6.45, 7) is 3.88. The number of morpholine rings is 1. The molecule has 26 heavy (non-hydrogen) atoms. The summed E-state index contributed by atoms with van der Waals surface area (Å²) in [7, 11) is 0. The number of aromatic nitrogens is 1. The number of para-hydroxylation sites is 1. The molecular weight excluding hydrogens is 328 g/mol. The number of hydrogen-bond donors (Lipinski definition) is 2. The maximum absolute atomic E-state index is 12.9. The second-order valence-corrected chi connectivity index (χ2v) is 7.70. The van der Waals surface area contributed by atoms with Gasteiger partial charge in [0.1, 0.15) is 0 Å². The lowest BCUT2D eigenvalue weighted by Gasteiger charge is -2.40. The lowest BCUT2D eigenvalue weighted by molar-refractivity contribution is -0.143. The number of fused-ring (bicyclic) bond motifs is 1. The number of hydrogen-bond acceptors (Lipinski definition) is 3. The van der Waals surface area contributed by atoms with E-state index in [1.165, 1.54) is 16.5 Å². The summed E-state index contributed by atoms with van der Waals surface area (Å²) < 4.78 is 5.63. The van der Waals surface area contributed by atoms with E-state index >= 15 is 0 Å². The molecule has 2 heterocycles. The van der Waals surface area contributed by atoms with Crippen molar-refractivity contribution < 1.29 is 14.6 Å². The van der Waals surface area contributed by atoms with Crippen LogP contribution in [-0.4, -0.2) is 52.8 Å². The Balaban J connectivity index is 1.45. The van der Waals surface area contributed by atoms with Crippen LogP contribution in [-0.2, 0) is 16.0 Å². The summed E-state index contributed by atoms with van der Waals surface area (Å²) in [4.78, 5) is 18.3. The Bertz CT molecular complexity index is 785. The Hall–Kier alpha value is -1.85. The SMILES string of the molecule is Cc1cccc2c(CCC(=O)N3CCOCC3C3CCCC3O)c[nH]c12. The van der Waals surface area contributed by atoms with Crippen molar-refractivity contribution in [1.82, 2.24) is 9.88 Å². The van der Waals surface area contributed by atoms with E-state index in [4.69, 9.17) is 4.74 Å². The molecule has 5 nitrogen and oxygen atoms in total. The van der Waals surface area contributed by atoms with Crippen LogP contribution >= 0.6 is 0 Å². The van der Waals surface area contributed by atoms with E-state index in [-0.39, 0.29) is 24.0 Å². The molecule has 3 unspecified atom stereocenters. The van der Waals surface area contributed by atoms with Gasteiger partial charge in [0.25, 0.3) is 0 Å². The third-order valence-electron chi connectivity index (χ3n) is 6.13. The van der Waals surface area contributed by atoms with Crippen molar-refractivity contribution in [2.45, 2.75) is 51.2 Å². The van der Waals surface area contributed by atoms with Gasteiger partial charge >= 0.3 is 0 Å². The number of aromatic amines is 1. The first-order valence-corrected chi connectivity index (χ1v) is 9.76. The van der Waals surface area contributed by atoms with Gasteiger partial charge in [-0.1, -0.05) is 24.6 Å². The monoisotopic (exact) mass is 356 g/mol. The highest BCUT2D eigenvalue weighted by Crippen LogP contribution is 2.32. The van der Waals surface area contributed by atoms with Gasteiger partial charge < -0.3 is 19.7 Å².